The zero-order chi connectivity index (χ0) is 13.4. The molecule has 17 heavy (non-hydrogen) atoms. The maximum Gasteiger partial charge on any atom is 0.330 e. The second-order valence-electron chi connectivity index (χ2n) is 5.29. The number of carbonyl (C=O) groups is 1. The molecule has 0 aliphatic rings. The van der Waals surface area contributed by atoms with Crippen molar-refractivity contribution in [3.63, 3.8) is 0 Å². The highest BCUT2D eigenvalue weighted by molar-refractivity contribution is 5.88. The monoisotopic (exact) mass is 239 g/mol. The van der Waals surface area contributed by atoms with E-state index in [2.05, 4.69) is 34.3 Å². The topological polar surface area (TPSA) is 50.2 Å². The van der Waals surface area contributed by atoms with Gasteiger partial charge in [0.2, 0.25) is 0 Å². The Morgan fingerprint density at radius 1 is 1.24 bits per heavy atom. The third-order valence-electron chi connectivity index (χ3n) is 2.54. The van der Waals surface area contributed by atoms with E-state index in [9.17, 15) is 4.79 Å². The molecule has 0 aliphatic heterocycles. The van der Waals surface area contributed by atoms with Crippen LogP contribution in [0.5, 0.6) is 0 Å². The van der Waals surface area contributed by atoms with Gasteiger partial charge in [0.05, 0.1) is 0 Å². The van der Waals surface area contributed by atoms with Crippen LogP contribution >= 0.6 is 0 Å². The Hall–Kier alpha value is -1.12. The van der Waals surface area contributed by atoms with Gasteiger partial charge < -0.3 is 10.1 Å². The highest BCUT2D eigenvalue weighted by Crippen LogP contribution is 2.21. The average Bonchev–Trinajstić information content (AvgIpc) is 2.23. The Kier molecular flexibility index (Phi) is 7.51. The van der Waals surface area contributed by atoms with Crippen LogP contribution in [0, 0.1) is 23.2 Å². The first-order valence-corrected chi connectivity index (χ1v) is 6.23. The van der Waals surface area contributed by atoms with Crippen LogP contribution in [0.25, 0.3) is 0 Å². The van der Waals surface area contributed by atoms with E-state index in [1.165, 1.54) is 0 Å². The van der Waals surface area contributed by atoms with E-state index in [1.807, 2.05) is 0 Å². The third-order valence-corrected chi connectivity index (χ3v) is 2.54. The van der Waals surface area contributed by atoms with Gasteiger partial charge in [-0.05, 0) is 24.7 Å². The van der Waals surface area contributed by atoms with E-state index < -0.39 is 5.97 Å². The van der Waals surface area contributed by atoms with Gasteiger partial charge in [-0.2, -0.15) is 0 Å². The van der Waals surface area contributed by atoms with E-state index in [-0.39, 0.29) is 12.5 Å². The molecule has 0 saturated carbocycles. The Labute approximate surface area is 105 Å². The zero-order valence-electron chi connectivity index (χ0n) is 11.5. The molecule has 0 unspecified atom stereocenters. The van der Waals surface area contributed by atoms with Gasteiger partial charge >= 0.3 is 5.97 Å². The molecule has 0 aromatic rings. The van der Waals surface area contributed by atoms with Gasteiger partial charge in [0, 0.05) is 17.7 Å². The van der Waals surface area contributed by atoms with Crippen LogP contribution in [0.3, 0.4) is 0 Å². The van der Waals surface area contributed by atoms with Crippen molar-refractivity contribution in [3.05, 3.63) is 12.7 Å². The summed E-state index contributed by atoms with van der Waals surface area (Å²) in [4.78, 5) is 10.9. The predicted octanol–water partition coefficient (Wildman–Crippen LogP) is 3.44. The number of carbonyl (C=O) groups excluding carboxylic acids is 1. The van der Waals surface area contributed by atoms with Crippen molar-refractivity contribution in [2.45, 2.75) is 40.5 Å². The van der Waals surface area contributed by atoms with Crippen molar-refractivity contribution < 1.29 is 9.53 Å². The van der Waals surface area contributed by atoms with Crippen LogP contribution in [-0.2, 0) is 9.53 Å². The molecule has 0 amide bonds. The number of ether oxygens (including phenoxy) is 1. The third kappa shape index (κ3) is 7.72. The summed E-state index contributed by atoms with van der Waals surface area (Å²) in [7, 11) is 0. The first-order chi connectivity index (χ1) is 7.86. The first kappa shape index (κ1) is 15.9. The second kappa shape index (κ2) is 8.04. The van der Waals surface area contributed by atoms with Crippen LogP contribution in [0.1, 0.15) is 40.5 Å². The van der Waals surface area contributed by atoms with E-state index in [4.69, 9.17) is 10.1 Å². The van der Waals surface area contributed by atoms with Crippen molar-refractivity contribution in [2.75, 3.05) is 6.61 Å². The van der Waals surface area contributed by atoms with Gasteiger partial charge in [-0.1, -0.05) is 34.3 Å². The summed E-state index contributed by atoms with van der Waals surface area (Å²) >= 11 is 0. The highest BCUT2D eigenvalue weighted by Gasteiger charge is 2.18. The smallest absolute Gasteiger partial charge is 0.330 e. The van der Waals surface area contributed by atoms with Crippen molar-refractivity contribution in [1.82, 2.24) is 0 Å². The van der Waals surface area contributed by atoms with Gasteiger partial charge in [-0.3, -0.25) is 0 Å². The molecule has 0 rings (SSSR count). The van der Waals surface area contributed by atoms with Gasteiger partial charge in [-0.25, -0.2) is 4.79 Å². The quantitative estimate of drug-likeness (QED) is 0.401. The van der Waals surface area contributed by atoms with Crippen LogP contribution in [0.2, 0.25) is 0 Å². The molecule has 3 heteroatoms. The minimum atomic E-state index is -0.456. The molecular formula is C14H25NO2. The van der Waals surface area contributed by atoms with E-state index in [0.29, 0.717) is 17.5 Å². The molecule has 0 radical (unpaired) electrons. The fourth-order valence-electron chi connectivity index (χ4n) is 1.84. The number of hydrogen-bond donors (Lipinski definition) is 1. The Bertz CT molecular complexity index is 259. The van der Waals surface area contributed by atoms with E-state index in [1.54, 1.807) is 0 Å². The molecule has 98 valence electrons. The lowest BCUT2D eigenvalue weighted by Crippen LogP contribution is -2.23. The minimum absolute atomic E-state index is 0.0922. The van der Waals surface area contributed by atoms with Crippen molar-refractivity contribution in [3.8, 4) is 0 Å². The first-order valence-electron chi connectivity index (χ1n) is 6.23. The van der Waals surface area contributed by atoms with Gasteiger partial charge in [0.25, 0.3) is 0 Å². The molecule has 0 bridgehead atoms. The maximum absolute atomic E-state index is 10.9. The van der Waals surface area contributed by atoms with Gasteiger partial charge in [0.1, 0.15) is 6.61 Å². The standard InChI is InChI=1S/C14H25NO2/c1-6-14(16)17-9-13(15)12(7-10(2)3)8-11(4)5/h6,10-12,15H,1,7-9H2,2-5H3. The Balaban J connectivity index is 4.31. The summed E-state index contributed by atoms with van der Waals surface area (Å²) < 4.78 is 4.92. The number of nitrogens with one attached hydrogen (secondary N) is 1. The molecule has 0 aromatic carbocycles. The van der Waals surface area contributed by atoms with Crippen LogP contribution < -0.4 is 0 Å². The summed E-state index contributed by atoms with van der Waals surface area (Å²) in [6.07, 6.45) is 3.08. The molecule has 0 atom stereocenters. The molecule has 0 aromatic heterocycles. The lowest BCUT2D eigenvalue weighted by molar-refractivity contribution is -0.136. The van der Waals surface area contributed by atoms with Gasteiger partial charge in [0.15, 0.2) is 0 Å². The highest BCUT2D eigenvalue weighted by atomic mass is 16.5. The fourth-order valence-corrected chi connectivity index (χ4v) is 1.84. The lowest BCUT2D eigenvalue weighted by atomic mass is 9.86. The molecular weight excluding hydrogens is 214 g/mol. The lowest BCUT2D eigenvalue weighted by Gasteiger charge is -2.21. The van der Waals surface area contributed by atoms with Gasteiger partial charge in [-0.15, -0.1) is 0 Å². The number of esters is 1. The van der Waals surface area contributed by atoms with Crippen molar-refractivity contribution in [1.29, 1.82) is 5.41 Å². The Morgan fingerprint density at radius 2 is 1.71 bits per heavy atom. The number of rotatable bonds is 8. The Morgan fingerprint density at radius 3 is 2.06 bits per heavy atom. The molecule has 0 heterocycles. The van der Waals surface area contributed by atoms with Crippen molar-refractivity contribution in [2.24, 2.45) is 17.8 Å². The molecule has 1 N–H and O–H groups in total. The zero-order valence-corrected chi connectivity index (χ0v) is 11.5. The summed E-state index contributed by atoms with van der Waals surface area (Å²) in [6, 6.07) is 0. The second-order valence-corrected chi connectivity index (χ2v) is 5.29. The SMILES string of the molecule is C=CC(=O)OCC(=N)C(CC(C)C)CC(C)C. The summed E-state index contributed by atoms with van der Waals surface area (Å²) in [5, 5.41) is 7.99. The molecule has 0 aliphatic carbocycles. The van der Waals surface area contributed by atoms with E-state index in [0.717, 1.165) is 18.9 Å². The minimum Gasteiger partial charge on any atom is -0.456 e. The fraction of sp³-hybridized carbons (Fsp3) is 0.714. The van der Waals surface area contributed by atoms with E-state index >= 15 is 0 Å². The largest absolute Gasteiger partial charge is 0.456 e. The molecule has 3 nitrogen and oxygen atoms in total. The molecule has 0 saturated heterocycles. The number of hydrogen-bond acceptors (Lipinski definition) is 3. The molecule has 0 spiro atoms. The maximum atomic E-state index is 10.9. The van der Waals surface area contributed by atoms with Crippen molar-refractivity contribution >= 4 is 11.7 Å². The summed E-state index contributed by atoms with van der Waals surface area (Å²) in [5.74, 6) is 0.860. The van der Waals surface area contributed by atoms with Crippen LogP contribution in [-0.4, -0.2) is 18.3 Å². The molecule has 0 fully saturated rings. The average molecular weight is 239 g/mol. The van der Waals surface area contributed by atoms with Crippen LogP contribution in [0.4, 0.5) is 0 Å². The normalized spacial score (nSPS) is 11.0. The summed E-state index contributed by atoms with van der Waals surface area (Å²) in [6.45, 7) is 12.0. The predicted molar refractivity (Wildman–Crippen MR) is 71.3 cm³/mol. The van der Waals surface area contributed by atoms with Crippen LogP contribution in [0.15, 0.2) is 12.7 Å². The summed E-state index contributed by atoms with van der Waals surface area (Å²) in [5.41, 5.74) is 0.516.